The largest absolute Gasteiger partial charge is 0.437 e. The van der Waals surface area contributed by atoms with Gasteiger partial charge >= 0.3 is 6.18 Å². The molecule has 90 heavy (non-hydrogen) atoms. The minimum Gasteiger partial charge on any atom is -0.437 e. The molecule has 17 rings (SSSR count). The summed E-state index contributed by atoms with van der Waals surface area (Å²) in [5, 5.41) is 49.1. The molecule has 0 bridgehead atoms. The Bertz CT molecular complexity index is 5500. The van der Waals surface area contributed by atoms with Crippen LogP contribution in [0, 0.1) is 20.8 Å². The van der Waals surface area contributed by atoms with Gasteiger partial charge in [0, 0.05) is 48.7 Å². The third-order valence-electron chi connectivity index (χ3n) is 16.4. The molecule has 7 heterocycles. The first-order valence-electron chi connectivity index (χ1n) is 29.1. The van der Waals surface area contributed by atoms with E-state index in [2.05, 4.69) is 208 Å². The highest BCUT2D eigenvalue weighted by Gasteiger charge is 2.31. The van der Waals surface area contributed by atoms with Gasteiger partial charge < -0.3 is 4.74 Å². The maximum atomic E-state index is 13.2. The van der Waals surface area contributed by atoms with Crippen molar-refractivity contribution >= 4 is 120 Å². The van der Waals surface area contributed by atoms with E-state index < -0.39 is 11.7 Å². The molecule has 0 amide bonds. The van der Waals surface area contributed by atoms with Crippen molar-refractivity contribution in [3.05, 3.63) is 269 Å². The van der Waals surface area contributed by atoms with Crippen LogP contribution in [-0.2, 0) is 6.18 Å². The lowest BCUT2D eigenvalue weighted by Gasteiger charge is -2.14. The summed E-state index contributed by atoms with van der Waals surface area (Å²) in [6.07, 6.45) is -4.46. The maximum absolute atomic E-state index is 13.2. The summed E-state index contributed by atoms with van der Waals surface area (Å²) in [5.74, 6) is 1.13. The highest BCUT2D eigenvalue weighted by atomic mass is 32.1. The molecular formula is C76H50F3N7OS3. The van der Waals surface area contributed by atoms with Gasteiger partial charge in [0.15, 0.2) is 5.82 Å². The summed E-state index contributed by atoms with van der Waals surface area (Å²) in [5.41, 5.74) is 9.29. The van der Waals surface area contributed by atoms with Crippen LogP contribution in [0.3, 0.4) is 0 Å². The second-order valence-electron chi connectivity index (χ2n) is 22.0. The van der Waals surface area contributed by atoms with Crippen molar-refractivity contribution in [2.75, 3.05) is 0 Å². The smallest absolute Gasteiger partial charge is 0.416 e. The molecule has 10 aromatic carbocycles. The molecule has 0 fully saturated rings. The van der Waals surface area contributed by atoms with Gasteiger partial charge in [-0.25, -0.2) is 0 Å². The minimum absolute atomic E-state index is 0.0995. The molecule has 14 heteroatoms. The van der Waals surface area contributed by atoms with Gasteiger partial charge in [0.25, 0.3) is 0 Å². The predicted octanol–water partition coefficient (Wildman–Crippen LogP) is 22.0. The van der Waals surface area contributed by atoms with E-state index in [1.165, 1.54) is 55.1 Å². The third kappa shape index (κ3) is 10.3. The van der Waals surface area contributed by atoms with E-state index in [0.717, 1.165) is 98.4 Å². The summed E-state index contributed by atoms with van der Waals surface area (Å²) in [4.78, 5) is 3.23. The van der Waals surface area contributed by atoms with Gasteiger partial charge in [-0.1, -0.05) is 152 Å². The van der Waals surface area contributed by atoms with Gasteiger partial charge in [-0.05, 0) is 165 Å². The first-order valence-corrected chi connectivity index (χ1v) is 31.7. The van der Waals surface area contributed by atoms with Crippen LogP contribution >= 0.6 is 34.0 Å². The lowest BCUT2D eigenvalue weighted by atomic mass is 9.94. The topological polar surface area (TPSA) is 91.5 Å². The molecule has 7 aromatic heterocycles. The van der Waals surface area contributed by atoms with Crippen molar-refractivity contribution in [1.82, 2.24) is 35.2 Å². The number of nitrogens with zero attached hydrogens (tertiary/aromatic N) is 7. The van der Waals surface area contributed by atoms with Crippen LogP contribution in [0.25, 0.3) is 135 Å². The Morgan fingerprint density at radius 3 is 1.22 bits per heavy atom. The number of thiophene rings is 3. The van der Waals surface area contributed by atoms with Crippen molar-refractivity contribution in [2.45, 2.75) is 26.9 Å². The lowest BCUT2D eigenvalue weighted by molar-refractivity contribution is -0.137. The maximum Gasteiger partial charge on any atom is 0.416 e. The van der Waals surface area contributed by atoms with Crippen LogP contribution in [0.2, 0.25) is 0 Å². The van der Waals surface area contributed by atoms with E-state index in [4.69, 9.17) is 20.0 Å². The number of fused-ring (bicyclic) bond motifs is 9. The van der Waals surface area contributed by atoms with E-state index >= 15 is 0 Å². The van der Waals surface area contributed by atoms with Crippen LogP contribution in [0.5, 0.6) is 11.6 Å². The highest BCUT2D eigenvalue weighted by Crippen LogP contribution is 2.43. The standard InChI is InChI=1S/C28H17N3S.C24H15F3N2OS.C24H18N2S/c1-2-9-19-17-23-22(16-18(19)8-1)27(26-14-7-15-32-26)29-30-28(23)31-24-12-5-3-10-20(24)21-11-4-6-13-25(21)31;1-14-8-9-17(24(25,26)27)13-20(14)30-23-19-12-16-6-3-2-5-15(16)11-18(19)22(28-29-23)21-7-4-10-31-21;1-15-7-5-8-16(2)22(15)24-20-14-18-10-4-3-9-17(18)13-19(20)23(25-26-24)21-11-6-12-27-21/h1-17H;2-13H,1H3;3-14H,1-2H3. The van der Waals surface area contributed by atoms with E-state index in [1.54, 1.807) is 40.9 Å². The van der Waals surface area contributed by atoms with E-state index in [9.17, 15) is 13.2 Å². The molecule has 0 radical (unpaired) electrons. The zero-order valence-corrected chi connectivity index (χ0v) is 51.0. The molecule has 0 saturated heterocycles. The zero-order valence-electron chi connectivity index (χ0n) is 48.6. The molecule has 0 saturated carbocycles. The number of rotatable bonds is 7. The van der Waals surface area contributed by atoms with E-state index in [-0.39, 0.29) is 11.6 Å². The van der Waals surface area contributed by atoms with Crippen LogP contribution in [0.1, 0.15) is 22.3 Å². The molecule has 0 aliphatic carbocycles. The van der Waals surface area contributed by atoms with Gasteiger partial charge in [0.2, 0.25) is 5.88 Å². The minimum atomic E-state index is -4.46. The van der Waals surface area contributed by atoms with Crippen LogP contribution < -0.4 is 4.74 Å². The Kier molecular flexibility index (Phi) is 14.5. The summed E-state index contributed by atoms with van der Waals surface area (Å²) in [6.45, 7) is 5.98. The summed E-state index contributed by atoms with van der Waals surface area (Å²) in [6, 6.07) is 76.9. The van der Waals surface area contributed by atoms with E-state index in [0.29, 0.717) is 16.6 Å². The van der Waals surface area contributed by atoms with Gasteiger partial charge in [0.1, 0.15) is 28.5 Å². The summed E-state index contributed by atoms with van der Waals surface area (Å²) >= 11 is 4.94. The highest BCUT2D eigenvalue weighted by molar-refractivity contribution is 7.14. The molecular weight excluding hydrogens is 1180 g/mol. The monoisotopic (exact) mass is 1230 g/mol. The quantitative estimate of drug-likeness (QED) is 0.147. The Morgan fingerprint density at radius 2 is 0.744 bits per heavy atom. The number of benzene rings is 10. The average Bonchev–Trinajstić information content (AvgIpc) is 1.44. The van der Waals surface area contributed by atoms with Gasteiger partial charge in [0.05, 0.1) is 31.2 Å². The second-order valence-corrected chi connectivity index (χ2v) is 24.8. The molecule has 0 aliphatic heterocycles. The van der Waals surface area contributed by atoms with Crippen LogP contribution in [0.4, 0.5) is 13.2 Å². The fraction of sp³-hybridized carbons (Fsp3) is 0.0526. The summed E-state index contributed by atoms with van der Waals surface area (Å²) < 4.78 is 47.7. The Hall–Kier alpha value is -10.5. The van der Waals surface area contributed by atoms with Crippen molar-refractivity contribution in [2.24, 2.45) is 0 Å². The lowest BCUT2D eigenvalue weighted by Crippen LogP contribution is -2.05. The second kappa shape index (κ2) is 23.2. The van der Waals surface area contributed by atoms with Gasteiger partial charge in [-0.2, -0.15) is 13.2 Å². The fourth-order valence-electron chi connectivity index (χ4n) is 12.0. The third-order valence-corrected chi connectivity index (χ3v) is 19.0. The number of aromatic nitrogens is 7. The SMILES string of the molecule is Cc1ccc(C(F)(F)F)cc1Oc1nnc(-c2cccs2)c2cc3ccccc3cc12.Cc1cccc(C)c1-c1nnc(-c2cccs2)c2cc3ccccc3cc12.c1csc(-c2nnc(-n3c4ccccc4c4ccccc43)c3cc4ccccc4cc23)c1. The van der Waals surface area contributed by atoms with E-state index in [1.807, 2.05) is 53.9 Å². The molecule has 0 aliphatic rings. The molecule has 434 valence electrons. The van der Waals surface area contributed by atoms with Gasteiger partial charge in [-0.15, -0.1) is 64.6 Å². The Labute approximate surface area is 526 Å². The number of alkyl halides is 3. The Morgan fingerprint density at radius 1 is 0.344 bits per heavy atom. The van der Waals surface area contributed by atoms with Gasteiger partial charge in [-0.3, -0.25) is 4.57 Å². The number of ether oxygens (including phenoxy) is 1. The number of aryl methyl sites for hydroxylation is 3. The Balaban J connectivity index is 0.000000113. The number of para-hydroxylation sites is 2. The molecule has 17 aromatic rings. The zero-order chi connectivity index (χ0) is 61.0. The summed E-state index contributed by atoms with van der Waals surface area (Å²) in [7, 11) is 0. The van der Waals surface area contributed by atoms with Crippen molar-refractivity contribution < 1.29 is 17.9 Å². The van der Waals surface area contributed by atoms with Crippen molar-refractivity contribution in [1.29, 1.82) is 0 Å². The van der Waals surface area contributed by atoms with Crippen molar-refractivity contribution in [3.8, 4) is 60.4 Å². The van der Waals surface area contributed by atoms with Crippen molar-refractivity contribution in [3.63, 3.8) is 0 Å². The molecule has 0 spiro atoms. The first kappa shape index (κ1) is 56.0. The number of hydrogen-bond donors (Lipinski definition) is 0. The van der Waals surface area contributed by atoms with Crippen LogP contribution in [-0.4, -0.2) is 35.2 Å². The fourth-order valence-corrected chi connectivity index (χ4v) is 14.2. The van der Waals surface area contributed by atoms with Crippen LogP contribution in [0.15, 0.2) is 247 Å². The molecule has 0 atom stereocenters. The predicted molar refractivity (Wildman–Crippen MR) is 367 cm³/mol. The normalized spacial score (nSPS) is 11.7. The molecule has 0 N–H and O–H groups in total. The average molecular weight is 1230 g/mol. The number of hydrogen-bond acceptors (Lipinski definition) is 10. The molecule has 0 unspecified atom stereocenters. The first-order chi connectivity index (χ1) is 44.0. The number of halogens is 3. The molecule has 8 nitrogen and oxygen atoms in total.